The first-order chi connectivity index (χ1) is 8.55. The molecule has 18 heavy (non-hydrogen) atoms. The van der Waals surface area contributed by atoms with Crippen LogP contribution in [-0.4, -0.2) is 0 Å². The molecule has 0 bridgehead atoms. The van der Waals surface area contributed by atoms with Gasteiger partial charge in [0, 0.05) is 9.75 Å². The Morgan fingerprint density at radius 3 is 2.61 bits per heavy atom. The fraction of sp³-hybridized carbons (Fsp3) is 0.294. The zero-order valence-electron chi connectivity index (χ0n) is 11.2. The molecule has 3 rings (SSSR count). The lowest BCUT2D eigenvalue weighted by molar-refractivity contribution is 0.604. The Morgan fingerprint density at radius 2 is 1.89 bits per heavy atom. The summed E-state index contributed by atoms with van der Waals surface area (Å²) in [6.07, 6.45) is 5.61. The molecule has 0 spiro atoms. The van der Waals surface area contributed by atoms with Crippen molar-refractivity contribution in [3.8, 4) is 10.4 Å². The number of hydrogen-bond donors (Lipinski definition) is 0. The lowest BCUT2D eigenvalue weighted by Crippen LogP contribution is -2.07. The van der Waals surface area contributed by atoms with Crippen molar-refractivity contribution < 1.29 is 0 Å². The summed E-state index contributed by atoms with van der Waals surface area (Å²) in [6, 6.07) is 11.2. The fourth-order valence-corrected chi connectivity index (χ4v) is 3.50. The van der Waals surface area contributed by atoms with E-state index in [-0.39, 0.29) is 5.41 Å². The van der Waals surface area contributed by atoms with Gasteiger partial charge in [0.05, 0.1) is 0 Å². The van der Waals surface area contributed by atoms with E-state index in [4.69, 9.17) is 0 Å². The summed E-state index contributed by atoms with van der Waals surface area (Å²) in [5.41, 5.74) is 4.51. The van der Waals surface area contributed by atoms with Crippen LogP contribution in [0.4, 0.5) is 0 Å². The Balaban J connectivity index is 2.09. The van der Waals surface area contributed by atoms with Crippen LogP contribution >= 0.6 is 11.3 Å². The van der Waals surface area contributed by atoms with Crippen LogP contribution in [-0.2, 0) is 11.8 Å². The molecule has 1 aromatic heterocycles. The summed E-state index contributed by atoms with van der Waals surface area (Å²) in [5, 5.41) is 0. The summed E-state index contributed by atoms with van der Waals surface area (Å²) in [4.78, 5) is 2.85. The van der Waals surface area contributed by atoms with Crippen molar-refractivity contribution in [3.63, 3.8) is 0 Å². The number of hydrogen-bond acceptors (Lipinski definition) is 1. The first-order valence-electron chi connectivity index (χ1n) is 6.45. The molecule has 0 N–H and O–H groups in total. The quantitative estimate of drug-likeness (QED) is 0.649. The third kappa shape index (κ3) is 1.93. The molecule has 1 heterocycles. The number of benzene rings is 1. The summed E-state index contributed by atoms with van der Waals surface area (Å²) < 4.78 is 0. The van der Waals surface area contributed by atoms with Gasteiger partial charge in [-0.1, -0.05) is 51.1 Å². The predicted molar refractivity (Wildman–Crippen MR) is 81.2 cm³/mol. The van der Waals surface area contributed by atoms with Crippen LogP contribution in [0.1, 0.15) is 36.8 Å². The summed E-state index contributed by atoms with van der Waals surface area (Å²) in [6.45, 7) is 6.83. The Morgan fingerprint density at radius 1 is 1.06 bits per heavy atom. The van der Waals surface area contributed by atoms with Crippen molar-refractivity contribution in [2.45, 2.75) is 32.6 Å². The molecule has 0 radical (unpaired) electrons. The van der Waals surface area contributed by atoms with Crippen molar-refractivity contribution in [2.75, 3.05) is 0 Å². The highest BCUT2D eigenvalue weighted by atomic mass is 32.1. The van der Waals surface area contributed by atoms with Gasteiger partial charge in [0.25, 0.3) is 0 Å². The normalized spacial score (nSPS) is 13.9. The van der Waals surface area contributed by atoms with Gasteiger partial charge in [-0.2, -0.15) is 0 Å². The van der Waals surface area contributed by atoms with Crippen LogP contribution in [0.25, 0.3) is 16.5 Å². The summed E-state index contributed by atoms with van der Waals surface area (Å²) in [5.74, 6) is 0. The van der Waals surface area contributed by atoms with Crippen molar-refractivity contribution >= 4 is 17.4 Å². The zero-order chi connectivity index (χ0) is 12.8. The predicted octanol–water partition coefficient (Wildman–Crippen LogP) is 5.28. The Kier molecular flexibility index (Phi) is 2.67. The van der Waals surface area contributed by atoms with Gasteiger partial charge in [-0.05, 0) is 40.7 Å². The van der Waals surface area contributed by atoms with Crippen molar-refractivity contribution in [3.05, 3.63) is 52.4 Å². The highest BCUT2D eigenvalue weighted by Crippen LogP contribution is 2.38. The Labute approximate surface area is 113 Å². The maximum atomic E-state index is 2.28. The largest absolute Gasteiger partial charge is 0.140 e. The van der Waals surface area contributed by atoms with E-state index in [1.165, 1.54) is 26.4 Å². The van der Waals surface area contributed by atoms with Crippen molar-refractivity contribution in [1.29, 1.82) is 0 Å². The molecule has 0 aliphatic heterocycles. The lowest BCUT2D eigenvalue weighted by Gasteiger charge is -2.15. The van der Waals surface area contributed by atoms with Gasteiger partial charge < -0.3 is 0 Å². The molecular formula is C17H18S. The second-order valence-electron chi connectivity index (χ2n) is 5.90. The number of rotatable bonds is 1. The molecule has 1 heteroatoms. The first kappa shape index (κ1) is 11.7. The van der Waals surface area contributed by atoms with Gasteiger partial charge in [0.1, 0.15) is 0 Å². The van der Waals surface area contributed by atoms with Crippen LogP contribution in [0, 0.1) is 0 Å². The molecule has 0 saturated heterocycles. The average molecular weight is 254 g/mol. The maximum absolute atomic E-state index is 2.28. The zero-order valence-corrected chi connectivity index (χ0v) is 12.0. The van der Waals surface area contributed by atoms with E-state index in [1.807, 2.05) is 11.3 Å². The van der Waals surface area contributed by atoms with E-state index < -0.39 is 0 Å². The topological polar surface area (TPSA) is 0 Å². The van der Waals surface area contributed by atoms with Crippen molar-refractivity contribution in [2.24, 2.45) is 0 Å². The van der Waals surface area contributed by atoms with E-state index in [1.54, 1.807) is 0 Å². The van der Waals surface area contributed by atoms with Gasteiger partial charge in [-0.15, -0.1) is 11.3 Å². The number of allylic oxidation sites excluding steroid dienone is 1. The van der Waals surface area contributed by atoms with E-state index >= 15 is 0 Å². The molecule has 0 fully saturated rings. The molecule has 0 nitrogen and oxygen atoms in total. The van der Waals surface area contributed by atoms with Gasteiger partial charge in [0.15, 0.2) is 0 Å². The molecular weight excluding hydrogens is 236 g/mol. The Bertz CT molecular complexity index is 609. The fourth-order valence-electron chi connectivity index (χ4n) is 2.39. The molecule has 0 unspecified atom stereocenters. The highest BCUT2D eigenvalue weighted by Gasteiger charge is 2.18. The van der Waals surface area contributed by atoms with Crippen LogP contribution in [0.5, 0.6) is 0 Å². The molecule has 0 amide bonds. The second kappa shape index (κ2) is 4.10. The molecule has 1 aliphatic carbocycles. The number of fused-ring (bicyclic) bond motifs is 1. The monoisotopic (exact) mass is 254 g/mol. The summed E-state index contributed by atoms with van der Waals surface area (Å²) in [7, 11) is 0. The lowest BCUT2D eigenvalue weighted by atomic mass is 9.95. The Hall–Kier alpha value is -1.34. The van der Waals surface area contributed by atoms with E-state index in [9.17, 15) is 0 Å². The molecule has 1 aromatic carbocycles. The molecule has 2 aromatic rings. The van der Waals surface area contributed by atoms with Gasteiger partial charge in [-0.3, -0.25) is 0 Å². The molecule has 92 valence electrons. The van der Waals surface area contributed by atoms with E-state index in [2.05, 4.69) is 63.3 Å². The smallest absolute Gasteiger partial charge is 0.0351 e. The van der Waals surface area contributed by atoms with Gasteiger partial charge >= 0.3 is 0 Å². The minimum absolute atomic E-state index is 0.247. The van der Waals surface area contributed by atoms with Gasteiger partial charge in [-0.25, -0.2) is 0 Å². The van der Waals surface area contributed by atoms with Crippen LogP contribution in [0.15, 0.2) is 36.4 Å². The van der Waals surface area contributed by atoms with Crippen LogP contribution in [0.3, 0.4) is 0 Å². The second-order valence-corrected chi connectivity index (χ2v) is 6.98. The third-order valence-electron chi connectivity index (χ3n) is 3.43. The SMILES string of the molecule is CC(C)(C)c1ccc(-c2cccc3c2C=CC3)s1. The van der Waals surface area contributed by atoms with Gasteiger partial charge in [0.2, 0.25) is 0 Å². The minimum Gasteiger partial charge on any atom is -0.140 e. The molecule has 0 atom stereocenters. The number of thiophene rings is 1. The molecule has 1 aliphatic rings. The first-order valence-corrected chi connectivity index (χ1v) is 7.26. The molecule has 0 saturated carbocycles. The maximum Gasteiger partial charge on any atom is 0.0351 e. The average Bonchev–Trinajstić information content (AvgIpc) is 2.96. The highest BCUT2D eigenvalue weighted by molar-refractivity contribution is 7.15. The summed E-state index contributed by atoms with van der Waals surface area (Å²) >= 11 is 1.93. The van der Waals surface area contributed by atoms with Crippen molar-refractivity contribution in [1.82, 2.24) is 0 Å². The minimum atomic E-state index is 0.247. The third-order valence-corrected chi connectivity index (χ3v) is 4.97. The standard InChI is InChI=1S/C17H18S/c1-17(2,3)16-11-10-15(18-16)14-9-5-7-12-6-4-8-13(12)14/h4-5,7-11H,6H2,1-3H3. The van der Waals surface area contributed by atoms with E-state index in [0.717, 1.165) is 6.42 Å². The van der Waals surface area contributed by atoms with E-state index in [0.29, 0.717) is 0 Å². The van der Waals surface area contributed by atoms with Crippen LogP contribution < -0.4 is 0 Å². The van der Waals surface area contributed by atoms with Crippen LogP contribution in [0.2, 0.25) is 0 Å².